The molecule has 4 aromatic rings. The van der Waals surface area contributed by atoms with Crippen molar-refractivity contribution in [3.63, 3.8) is 0 Å². The van der Waals surface area contributed by atoms with Crippen LogP contribution >= 0.6 is 24.0 Å². The molecule has 2 heterocycles. The Morgan fingerprint density at radius 2 is 1.64 bits per heavy atom. The molecular formula is C23H23Cl2N3. The van der Waals surface area contributed by atoms with E-state index in [-0.39, 0.29) is 12.4 Å². The van der Waals surface area contributed by atoms with Crippen molar-refractivity contribution in [2.45, 2.75) is 26.9 Å². The third kappa shape index (κ3) is 4.01. The van der Waals surface area contributed by atoms with E-state index in [4.69, 9.17) is 11.6 Å². The minimum absolute atomic E-state index is 0. The van der Waals surface area contributed by atoms with Crippen LogP contribution in [0.5, 0.6) is 0 Å². The van der Waals surface area contributed by atoms with Crippen LogP contribution in [0.15, 0.2) is 66.9 Å². The lowest BCUT2D eigenvalue weighted by Crippen LogP contribution is -2.07. The molecule has 28 heavy (non-hydrogen) atoms. The van der Waals surface area contributed by atoms with Crippen molar-refractivity contribution in [2.24, 2.45) is 0 Å². The second kappa shape index (κ2) is 8.68. The van der Waals surface area contributed by atoms with Gasteiger partial charge in [-0.05, 0) is 48.7 Å². The molecule has 0 atom stereocenters. The average molecular weight is 412 g/mol. The fraction of sp³-hybridized carbons (Fsp3) is 0.174. The first-order chi connectivity index (χ1) is 13.1. The van der Waals surface area contributed by atoms with E-state index in [2.05, 4.69) is 65.1 Å². The van der Waals surface area contributed by atoms with Gasteiger partial charge in [-0.15, -0.1) is 12.4 Å². The molecule has 0 aliphatic carbocycles. The summed E-state index contributed by atoms with van der Waals surface area (Å²) < 4.78 is 2.36. The van der Waals surface area contributed by atoms with Gasteiger partial charge in [0.25, 0.3) is 0 Å². The number of benzene rings is 2. The van der Waals surface area contributed by atoms with Gasteiger partial charge in [-0.25, -0.2) is 4.98 Å². The summed E-state index contributed by atoms with van der Waals surface area (Å²) in [6.07, 6.45) is 1.88. The Labute approximate surface area is 176 Å². The predicted molar refractivity (Wildman–Crippen MR) is 121 cm³/mol. The first-order valence-corrected chi connectivity index (χ1v) is 9.48. The average Bonchev–Trinajstić information content (AvgIpc) is 2.94. The van der Waals surface area contributed by atoms with Crippen molar-refractivity contribution in [1.29, 1.82) is 0 Å². The molecule has 2 aromatic carbocycles. The predicted octanol–water partition coefficient (Wildman–Crippen LogP) is 6.39. The summed E-state index contributed by atoms with van der Waals surface area (Å²) in [6.45, 7) is 5.90. The smallest absolute Gasteiger partial charge is 0.150 e. The quantitative estimate of drug-likeness (QED) is 0.412. The summed E-state index contributed by atoms with van der Waals surface area (Å²) in [7, 11) is 0. The van der Waals surface area contributed by atoms with Crippen molar-refractivity contribution in [3.8, 4) is 0 Å². The number of aryl methyl sites for hydroxylation is 1. The largest absolute Gasteiger partial charge is 0.364 e. The van der Waals surface area contributed by atoms with Gasteiger partial charge in [0.15, 0.2) is 5.82 Å². The van der Waals surface area contributed by atoms with Crippen LogP contribution in [0.2, 0.25) is 5.02 Å². The highest BCUT2D eigenvalue weighted by Crippen LogP contribution is 2.30. The standard InChI is InChI=1S/C23H22ClN3.ClH/c1-16-17(2)27(15-19-6-4-3-5-7-19)22-21(16)12-13-25-23(22)26-14-18-8-10-20(24)11-9-18;/h3-13H,14-15H2,1-2H3,(H,25,26);1H. The fourth-order valence-electron chi connectivity index (χ4n) is 3.48. The van der Waals surface area contributed by atoms with Crippen LogP contribution in [0.4, 0.5) is 5.82 Å². The van der Waals surface area contributed by atoms with Crippen molar-refractivity contribution < 1.29 is 0 Å². The molecule has 3 nitrogen and oxygen atoms in total. The number of hydrogen-bond acceptors (Lipinski definition) is 2. The van der Waals surface area contributed by atoms with Crippen LogP contribution in [0.1, 0.15) is 22.4 Å². The van der Waals surface area contributed by atoms with E-state index in [0.717, 1.165) is 22.9 Å². The number of aromatic nitrogens is 2. The molecule has 0 spiro atoms. The normalized spacial score (nSPS) is 10.7. The summed E-state index contributed by atoms with van der Waals surface area (Å²) >= 11 is 5.99. The van der Waals surface area contributed by atoms with E-state index in [9.17, 15) is 0 Å². The van der Waals surface area contributed by atoms with Crippen molar-refractivity contribution in [1.82, 2.24) is 9.55 Å². The zero-order chi connectivity index (χ0) is 18.8. The second-order valence-corrected chi connectivity index (χ2v) is 7.25. The third-order valence-electron chi connectivity index (χ3n) is 5.10. The lowest BCUT2D eigenvalue weighted by atomic mass is 10.2. The molecule has 0 aliphatic rings. The summed E-state index contributed by atoms with van der Waals surface area (Å²) in [5.41, 5.74) is 6.19. The monoisotopic (exact) mass is 411 g/mol. The zero-order valence-electron chi connectivity index (χ0n) is 15.9. The Hall–Kier alpha value is -2.49. The Balaban J connectivity index is 0.00000225. The number of nitrogens with one attached hydrogen (secondary N) is 1. The molecule has 0 aliphatic heterocycles. The van der Waals surface area contributed by atoms with Crippen molar-refractivity contribution >= 4 is 40.7 Å². The van der Waals surface area contributed by atoms with Crippen LogP contribution < -0.4 is 5.32 Å². The highest BCUT2D eigenvalue weighted by Gasteiger charge is 2.15. The molecule has 5 heteroatoms. The number of nitrogens with zero attached hydrogens (tertiary/aromatic N) is 2. The summed E-state index contributed by atoms with van der Waals surface area (Å²) in [4.78, 5) is 4.64. The number of halogens is 2. The number of rotatable bonds is 5. The third-order valence-corrected chi connectivity index (χ3v) is 5.35. The first kappa shape index (κ1) is 20.2. The fourth-order valence-corrected chi connectivity index (χ4v) is 3.60. The second-order valence-electron chi connectivity index (χ2n) is 6.82. The number of pyridine rings is 1. The van der Waals surface area contributed by atoms with Crippen LogP contribution in [-0.4, -0.2) is 9.55 Å². The van der Waals surface area contributed by atoms with E-state index in [0.29, 0.717) is 6.54 Å². The van der Waals surface area contributed by atoms with Gasteiger partial charge in [-0.2, -0.15) is 0 Å². The summed E-state index contributed by atoms with van der Waals surface area (Å²) in [5, 5.41) is 5.51. The molecule has 2 aromatic heterocycles. The SMILES string of the molecule is Cc1c(C)n(Cc2ccccc2)c2c(NCc3ccc(Cl)cc3)nccc12.Cl. The maximum Gasteiger partial charge on any atom is 0.150 e. The van der Waals surface area contributed by atoms with Gasteiger partial charge in [-0.3, -0.25) is 0 Å². The molecule has 4 rings (SSSR count). The Morgan fingerprint density at radius 3 is 2.36 bits per heavy atom. The van der Waals surface area contributed by atoms with E-state index in [1.165, 1.54) is 27.8 Å². The van der Waals surface area contributed by atoms with Gasteiger partial charge in [-0.1, -0.05) is 54.1 Å². The van der Waals surface area contributed by atoms with Crippen LogP contribution in [0, 0.1) is 13.8 Å². The lowest BCUT2D eigenvalue weighted by Gasteiger charge is -2.13. The Kier molecular flexibility index (Phi) is 6.28. The Bertz CT molecular complexity index is 1070. The number of fused-ring (bicyclic) bond motifs is 1. The van der Waals surface area contributed by atoms with Gasteiger partial charge in [0.2, 0.25) is 0 Å². The number of anilines is 1. The van der Waals surface area contributed by atoms with Gasteiger partial charge >= 0.3 is 0 Å². The van der Waals surface area contributed by atoms with E-state index in [1.54, 1.807) is 0 Å². The van der Waals surface area contributed by atoms with Gasteiger partial charge < -0.3 is 9.88 Å². The molecule has 144 valence electrons. The lowest BCUT2D eigenvalue weighted by molar-refractivity contribution is 0.799. The molecule has 0 fully saturated rings. The molecule has 0 saturated carbocycles. The van der Waals surface area contributed by atoms with Gasteiger partial charge in [0.05, 0.1) is 5.52 Å². The molecule has 0 amide bonds. The van der Waals surface area contributed by atoms with Crippen LogP contribution in [0.3, 0.4) is 0 Å². The molecule has 0 saturated heterocycles. The highest BCUT2D eigenvalue weighted by molar-refractivity contribution is 6.30. The first-order valence-electron chi connectivity index (χ1n) is 9.10. The molecular weight excluding hydrogens is 389 g/mol. The van der Waals surface area contributed by atoms with E-state index in [1.807, 2.05) is 30.5 Å². The van der Waals surface area contributed by atoms with Crippen molar-refractivity contribution in [3.05, 3.63) is 94.3 Å². The van der Waals surface area contributed by atoms with Crippen LogP contribution in [0.25, 0.3) is 10.9 Å². The molecule has 1 N–H and O–H groups in total. The molecule has 0 unspecified atom stereocenters. The minimum Gasteiger partial charge on any atom is -0.364 e. The topological polar surface area (TPSA) is 29.9 Å². The minimum atomic E-state index is 0. The highest BCUT2D eigenvalue weighted by atomic mass is 35.5. The van der Waals surface area contributed by atoms with E-state index < -0.39 is 0 Å². The van der Waals surface area contributed by atoms with Crippen molar-refractivity contribution in [2.75, 3.05) is 5.32 Å². The Morgan fingerprint density at radius 1 is 0.929 bits per heavy atom. The maximum absolute atomic E-state index is 5.99. The molecule has 0 bridgehead atoms. The molecule has 0 radical (unpaired) electrons. The number of hydrogen-bond donors (Lipinski definition) is 1. The summed E-state index contributed by atoms with van der Waals surface area (Å²) in [5.74, 6) is 0.912. The van der Waals surface area contributed by atoms with Crippen LogP contribution in [-0.2, 0) is 13.1 Å². The summed E-state index contributed by atoms with van der Waals surface area (Å²) in [6, 6.07) is 20.6. The van der Waals surface area contributed by atoms with Gasteiger partial charge in [0, 0.05) is 35.4 Å². The van der Waals surface area contributed by atoms with Gasteiger partial charge in [0.1, 0.15) is 0 Å². The maximum atomic E-state index is 5.99. The zero-order valence-corrected chi connectivity index (χ0v) is 17.5. The van der Waals surface area contributed by atoms with E-state index >= 15 is 0 Å².